The van der Waals surface area contributed by atoms with Crippen LogP contribution >= 0.6 is 0 Å². The third kappa shape index (κ3) is 5.08. The lowest BCUT2D eigenvalue weighted by Crippen LogP contribution is -2.46. The topological polar surface area (TPSA) is 71.8 Å². The highest BCUT2D eigenvalue weighted by molar-refractivity contribution is 5.96. The summed E-state index contributed by atoms with van der Waals surface area (Å²) < 4.78 is 25.8. The van der Waals surface area contributed by atoms with Crippen LogP contribution in [0.15, 0.2) is 71.3 Å². The lowest BCUT2D eigenvalue weighted by atomic mass is 10.0. The Kier molecular flexibility index (Phi) is 7.07. The van der Waals surface area contributed by atoms with Crippen molar-refractivity contribution in [1.29, 1.82) is 0 Å². The minimum Gasteiger partial charge on any atom is -0.496 e. The average molecular weight is 451 g/mol. The molecule has 0 saturated heterocycles. The van der Waals surface area contributed by atoms with Crippen LogP contribution in [0.2, 0.25) is 0 Å². The molecule has 0 radical (unpaired) electrons. The first-order chi connectivity index (χ1) is 16.1. The predicted octanol–water partition coefficient (Wildman–Crippen LogP) is 4.87. The molecule has 0 aliphatic heterocycles. The lowest BCUT2D eigenvalue weighted by Gasteiger charge is -2.32. The second-order valence-electron chi connectivity index (χ2n) is 8.14. The maximum Gasteiger partial charge on any atom is 0.290 e. The van der Waals surface area contributed by atoms with Crippen molar-refractivity contribution in [2.24, 2.45) is 0 Å². The molecule has 1 aromatic heterocycles. The molecule has 172 valence electrons. The van der Waals surface area contributed by atoms with Gasteiger partial charge in [0.15, 0.2) is 5.76 Å². The second-order valence-corrected chi connectivity index (χ2v) is 8.14. The van der Waals surface area contributed by atoms with Crippen LogP contribution in [0.1, 0.15) is 53.4 Å². The zero-order chi connectivity index (χ0) is 23.2. The van der Waals surface area contributed by atoms with Gasteiger partial charge in [-0.15, -0.1) is 0 Å². The zero-order valence-electron chi connectivity index (χ0n) is 18.5. The fourth-order valence-electron chi connectivity index (χ4n) is 4.34. The van der Waals surface area contributed by atoms with Gasteiger partial charge < -0.3 is 19.4 Å². The van der Waals surface area contributed by atoms with Gasteiger partial charge in [0.2, 0.25) is 5.91 Å². The fourth-order valence-corrected chi connectivity index (χ4v) is 4.34. The summed E-state index contributed by atoms with van der Waals surface area (Å²) >= 11 is 0. The van der Waals surface area contributed by atoms with Crippen LogP contribution in [0, 0.1) is 5.82 Å². The molecule has 0 bridgehead atoms. The third-order valence-corrected chi connectivity index (χ3v) is 5.99. The number of methoxy groups -OCH3 is 1. The molecule has 1 atom stereocenters. The minimum atomic E-state index is -1.19. The van der Waals surface area contributed by atoms with Crippen molar-refractivity contribution in [2.75, 3.05) is 7.11 Å². The maximum atomic E-state index is 15.0. The number of amides is 2. The van der Waals surface area contributed by atoms with E-state index in [4.69, 9.17) is 9.15 Å². The summed E-state index contributed by atoms with van der Waals surface area (Å²) in [6.07, 6.45) is 5.20. The van der Waals surface area contributed by atoms with E-state index < -0.39 is 23.7 Å². The molecule has 1 fully saturated rings. The molecule has 3 aromatic rings. The Morgan fingerprint density at radius 3 is 2.52 bits per heavy atom. The molecule has 7 heteroatoms. The smallest absolute Gasteiger partial charge is 0.290 e. The highest BCUT2D eigenvalue weighted by Crippen LogP contribution is 2.31. The van der Waals surface area contributed by atoms with E-state index in [1.165, 1.54) is 23.3 Å². The van der Waals surface area contributed by atoms with Gasteiger partial charge in [0.1, 0.15) is 17.6 Å². The van der Waals surface area contributed by atoms with Crippen LogP contribution in [0.4, 0.5) is 4.39 Å². The first-order valence-corrected chi connectivity index (χ1v) is 11.1. The van der Waals surface area contributed by atoms with Crippen molar-refractivity contribution in [3.8, 4) is 5.75 Å². The number of furan rings is 1. The second kappa shape index (κ2) is 10.3. The Balaban J connectivity index is 1.78. The van der Waals surface area contributed by atoms with E-state index in [9.17, 15) is 14.0 Å². The van der Waals surface area contributed by atoms with Gasteiger partial charge in [-0.2, -0.15) is 0 Å². The van der Waals surface area contributed by atoms with Gasteiger partial charge >= 0.3 is 0 Å². The van der Waals surface area contributed by atoms with Crippen molar-refractivity contribution < 1.29 is 23.1 Å². The van der Waals surface area contributed by atoms with Crippen LogP contribution < -0.4 is 10.1 Å². The predicted molar refractivity (Wildman–Crippen MR) is 121 cm³/mol. The Morgan fingerprint density at radius 2 is 1.82 bits per heavy atom. The van der Waals surface area contributed by atoms with Crippen molar-refractivity contribution >= 4 is 11.8 Å². The normalized spacial score (nSPS) is 14.6. The van der Waals surface area contributed by atoms with E-state index in [0.717, 1.165) is 25.7 Å². The molecule has 1 aliphatic carbocycles. The van der Waals surface area contributed by atoms with Gasteiger partial charge in [-0.25, -0.2) is 4.39 Å². The summed E-state index contributed by atoms with van der Waals surface area (Å²) in [6, 6.07) is 15.3. The summed E-state index contributed by atoms with van der Waals surface area (Å²) in [5.74, 6) is -0.845. The monoisotopic (exact) mass is 450 g/mol. The van der Waals surface area contributed by atoms with E-state index in [0.29, 0.717) is 11.3 Å². The van der Waals surface area contributed by atoms with Crippen molar-refractivity contribution in [1.82, 2.24) is 10.2 Å². The van der Waals surface area contributed by atoms with Crippen LogP contribution in [0.3, 0.4) is 0 Å². The minimum absolute atomic E-state index is 0.0126. The molecule has 4 rings (SSSR count). The van der Waals surface area contributed by atoms with E-state index in [-0.39, 0.29) is 23.9 Å². The summed E-state index contributed by atoms with van der Waals surface area (Å²) in [5, 5.41) is 3.04. The van der Waals surface area contributed by atoms with Crippen molar-refractivity contribution in [3.05, 3.63) is 89.6 Å². The van der Waals surface area contributed by atoms with E-state index >= 15 is 0 Å². The van der Waals surface area contributed by atoms with Crippen molar-refractivity contribution in [2.45, 2.75) is 44.3 Å². The van der Waals surface area contributed by atoms with Gasteiger partial charge in [-0.1, -0.05) is 49.2 Å². The Labute approximate surface area is 192 Å². The Hall–Kier alpha value is -3.61. The lowest BCUT2D eigenvalue weighted by molar-refractivity contribution is -0.127. The number of para-hydroxylation sites is 1. The third-order valence-electron chi connectivity index (χ3n) is 5.99. The first kappa shape index (κ1) is 22.6. The average Bonchev–Trinajstić information content (AvgIpc) is 3.54. The Bertz CT molecular complexity index is 1090. The molecule has 33 heavy (non-hydrogen) atoms. The number of carbonyl (C=O) groups excluding carboxylic acids is 2. The van der Waals surface area contributed by atoms with Crippen LogP contribution in [-0.4, -0.2) is 29.9 Å². The highest BCUT2D eigenvalue weighted by atomic mass is 19.1. The number of hydrogen-bond donors (Lipinski definition) is 1. The molecule has 1 saturated carbocycles. The van der Waals surface area contributed by atoms with Crippen LogP contribution in [0.25, 0.3) is 0 Å². The summed E-state index contributed by atoms with van der Waals surface area (Å²) in [7, 11) is 1.54. The molecular formula is C26H27FN2O4. The molecular weight excluding hydrogens is 423 g/mol. The van der Waals surface area contributed by atoms with Gasteiger partial charge in [0, 0.05) is 17.2 Å². The number of rotatable bonds is 8. The fraction of sp³-hybridized carbons (Fsp3) is 0.308. The van der Waals surface area contributed by atoms with E-state index in [1.54, 1.807) is 37.4 Å². The standard InChI is InChI=1S/C26H27FN2O4/c1-32-22-14-7-2-9-18(22)17-29(26(31)23-15-8-16-33-23)24(20-12-5-6-13-21(20)27)25(30)28-19-10-3-4-11-19/h2,5-9,12-16,19,24H,3-4,10-11,17H2,1H3,(H,28,30)/t24-/m0/s1. The number of carbonyl (C=O) groups is 2. The molecule has 2 aromatic carbocycles. The number of nitrogens with one attached hydrogen (secondary N) is 1. The number of benzene rings is 2. The molecule has 1 heterocycles. The van der Waals surface area contributed by atoms with Gasteiger partial charge in [-0.05, 0) is 37.1 Å². The largest absolute Gasteiger partial charge is 0.496 e. The Morgan fingerprint density at radius 1 is 1.09 bits per heavy atom. The molecule has 0 spiro atoms. The summed E-state index contributed by atoms with van der Waals surface area (Å²) in [5.41, 5.74) is 0.817. The van der Waals surface area contributed by atoms with Crippen LogP contribution in [0.5, 0.6) is 5.75 Å². The summed E-state index contributed by atoms with van der Waals surface area (Å²) in [4.78, 5) is 28.5. The zero-order valence-corrected chi connectivity index (χ0v) is 18.5. The van der Waals surface area contributed by atoms with Gasteiger partial charge in [-0.3, -0.25) is 9.59 Å². The molecule has 0 unspecified atom stereocenters. The molecule has 1 aliphatic rings. The number of nitrogens with zero attached hydrogens (tertiary/aromatic N) is 1. The highest BCUT2D eigenvalue weighted by Gasteiger charge is 2.36. The van der Waals surface area contributed by atoms with E-state index in [2.05, 4.69) is 5.32 Å². The molecule has 2 amide bonds. The number of hydrogen-bond acceptors (Lipinski definition) is 4. The van der Waals surface area contributed by atoms with Crippen LogP contribution in [-0.2, 0) is 11.3 Å². The maximum absolute atomic E-state index is 15.0. The van der Waals surface area contributed by atoms with E-state index in [1.807, 2.05) is 18.2 Å². The SMILES string of the molecule is COc1ccccc1CN(C(=O)c1ccco1)[C@H](C(=O)NC1CCCC1)c1ccccc1F. The van der Waals surface area contributed by atoms with Gasteiger partial charge in [0.05, 0.1) is 19.9 Å². The first-order valence-electron chi connectivity index (χ1n) is 11.1. The van der Waals surface area contributed by atoms with Crippen molar-refractivity contribution in [3.63, 3.8) is 0 Å². The molecule has 6 nitrogen and oxygen atoms in total. The number of ether oxygens (including phenoxy) is 1. The quantitative estimate of drug-likeness (QED) is 0.532. The number of halogens is 1. The molecule has 1 N–H and O–H groups in total. The summed E-state index contributed by atoms with van der Waals surface area (Å²) in [6.45, 7) is 0.0284. The van der Waals surface area contributed by atoms with Gasteiger partial charge in [0.25, 0.3) is 5.91 Å².